The molecule has 0 N–H and O–H groups in total. The van der Waals surface area contributed by atoms with E-state index in [1.165, 1.54) is 44.5 Å². The van der Waals surface area contributed by atoms with Crippen molar-refractivity contribution in [2.45, 2.75) is 25.7 Å². The lowest BCUT2D eigenvalue weighted by Gasteiger charge is -2.04. The Kier molecular flexibility index (Phi) is 9.06. The third-order valence-electron chi connectivity index (χ3n) is 6.32. The lowest BCUT2D eigenvalue weighted by Crippen LogP contribution is -1.83. The van der Waals surface area contributed by atoms with E-state index in [0.29, 0.717) is 0 Å². The van der Waals surface area contributed by atoms with Crippen LogP contribution in [-0.2, 0) is 12.8 Å². The minimum absolute atomic E-state index is 1.02. The van der Waals surface area contributed by atoms with Gasteiger partial charge in [0.05, 0.1) is 0 Å². The maximum Gasteiger partial charge on any atom is -0.0184 e. The van der Waals surface area contributed by atoms with Crippen LogP contribution >= 0.6 is 0 Å². The standard InChI is InChI=1S/C36H34/c1-3-5-7-29-9-13-31(14-10-29)17-19-33-21-25-35(26-22-33)36-27-23-34(24-28-36)20-18-32-15-11-30(12-16-32)8-6-4-2/h3-4,9-28H,1-2,5-8H2/b19-17+,20-18+. The Morgan fingerprint density at radius 1 is 0.389 bits per heavy atom. The quantitative estimate of drug-likeness (QED) is 0.152. The average Bonchev–Trinajstić information content (AvgIpc) is 2.94. The molecular formula is C36H34. The van der Waals surface area contributed by atoms with E-state index in [4.69, 9.17) is 0 Å². The summed E-state index contributed by atoms with van der Waals surface area (Å²) in [6.07, 6.45) is 16.8. The molecule has 0 saturated carbocycles. The Morgan fingerprint density at radius 3 is 0.944 bits per heavy atom. The molecule has 0 heteroatoms. The second-order valence-electron chi connectivity index (χ2n) is 9.05. The van der Waals surface area contributed by atoms with Gasteiger partial charge in [0.25, 0.3) is 0 Å². The number of benzene rings is 4. The summed E-state index contributed by atoms with van der Waals surface area (Å²) in [5.74, 6) is 0. The van der Waals surface area contributed by atoms with Gasteiger partial charge in [0.15, 0.2) is 0 Å². The summed E-state index contributed by atoms with van der Waals surface area (Å²) in [5, 5.41) is 0. The summed E-state index contributed by atoms with van der Waals surface area (Å²) in [6, 6.07) is 35.0. The number of rotatable bonds is 11. The van der Waals surface area contributed by atoms with Crippen LogP contribution in [-0.4, -0.2) is 0 Å². The summed E-state index contributed by atoms with van der Waals surface area (Å²) in [7, 11) is 0. The van der Waals surface area contributed by atoms with Gasteiger partial charge in [-0.05, 0) is 70.2 Å². The first-order chi connectivity index (χ1) is 17.7. The average molecular weight is 467 g/mol. The van der Waals surface area contributed by atoms with Gasteiger partial charge in [-0.1, -0.05) is 134 Å². The fraction of sp³-hybridized carbons (Fsp3) is 0.111. The topological polar surface area (TPSA) is 0 Å². The normalized spacial score (nSPS) is 11.2. The fourth-order valence-electron chi connectivity index (χ4n) is 4.09. The number of aryl methyl sites for hydroxylation is 2. The van der Waals surface area contributed by atoms with Crippen molar-refractivity contribution in [2.24, 2.45) is 0 Å². The van der Waals surface area contributed by atoms with Crippen molar-refractivity contribution in [3.8, 4) is 11.1 Å². The highest BCUT2D eigenvalue weighted by atomic mass is 14.0. The van der Waals surface area contributed by atoms with Crippen molar-refractivity contribution in [1.29, 1.82) is 0 Å². The van der Waals surface area contributed by atoms with Crippen LogP contribution in [0.1, 0.15) is 46.2 Å². The lowest BCUT2D eigenvalue weighted by molar-refractivity contribution is 1.00. The Bertz CT molecular complexity index is 1190. The summed E-state index contributed by atoms with van der Waals surface area (Å²) in [4.78, 5) is 0. The van der Waals surface area contributed by atoms with Crippen LogP contribution < -0.4 is 0 Å². The molecule has 4 rings (SSSR count). The van der Waals surface area contributed by atoms with Gasteiger partial charge in [0, 0.05) is 0 Å². The van der Waals surface area contributed by atoms with Crippen molar-refractivity contribution >= 4 is 24.3 Å². The van der Waals surface area contributed by atoms with E-state index in [1.54, 1.807) is 0 Å². The molecule has 0 spiro atoms. The van der Waals surface area contributed by atoms with Crippen LogP contribution in [0.15, 0.2) is 122 Å². The zero-order chi connectivity index (χ0) is 25.0. The van der Waals surface area contributed by atoms with Crippen LogP contribution in [0.3, 0.4) is 0 Å². The monoisotopic (exact) mass is 466 g/mol. The van der Waals surface area contributed by atoms with Crippen LogP contribution in [0.5, 0.6) is 0 Å². The summed E-state index contributed by atoms with van der Waals surface area (Å²) >= 11 is 0. The van der Waals surface area contributed by atoms with Gasteiger partial charge >= 0.3 is 0 Å². The van der Waals surface area contributed by atoms with Gasteiger partial charge in [-0.15, -0.1) is 13.2 Å². The van der Waals surface area contributed by atoms with Gasteiger partial charge in [0.2, 0.25) is 0 Å². The van der Waals surface area contributed by atoms with Crippen molar-refractivity contribution in [3.63, 3.8) is 0 Å². The molecular weight excluding hydrogens is 432 g/mol. The first-order valence-corrected chi connectivity index (χ1v) is 12.7. The molecule has 4 aromatic rings. The molecule has 0 nitrogen and oxygen atoms in total. The summed E-state index contributed by atoms with van der Waals surface area (Å²) in [5.41, 5.74) is 9.99. The molecule has 0 amide bonds. The van der Waals surface area contributed by atoms with Gasteiger partial charge < -0.3 is 0 Å². The minimum Gasteiger partial charge on any atom is -0.103 e. The Hall–Kier alpha value is -4.16. The van der Waals surface area contributed by atoms with E-state index in [0.717, 1.165) is 25.7 Å². The third-order valence-corrected chi connectivity index (χ3v) is 6.32. The number of hydrogen-bond acceptors (Lipinski definition) is 0. The van der Waals surface area contributed by atoms with Gasteiger partial charge in [-0.3, -0.25) is 0 Å². The van der Waals surface area contributed by atoms with E-state index < -0.39 is 0 Å². The summed E-state index contributed by atoms with van der Waals surface area (Å²) in [6.45, 7) is 7.59. The van der Waals surface area contributed by atoms with Gasteiger partial charge in [-0.25, -0.2) is 0 Å². The Labute approximate surface area is 216 Å². The molecule has 0 aliphatic heterocycles. The van der Waals surface area contributed by atoms with Crippen LogP contribution in [0.4, 0.5) is 0 Å². The van der Waals surface area contributed by atoms with Crippen LogP contribution in [0.2, 0.25) is 0 Å². The molecule has 0 heterocycles. The lowest BCUT2D eigenvalue weighted by atomic mass is 10.0. The van der Waals surface area contributed by atoms with Crippen molar-refractivity contribution in [2.75, 3.05) is 0 Å². The highest BCUT2D eigenvalue weighted by Crippen LogP contribution is 2.22. The van der Waals surface area contributed by atoms with Crippen LogP contribution in [0, 0.1) is 0 Å². The molecule has 0 fully saturated rings. The smallest absolute Gasteiger partial charge is 0.0184 e. The molecule has 36 heavy (non-hydrogen) atoms. The first kappa shape index (κ1) is 24.9. The molecule has 0 radical (unpaired) electrons. The molecule has 0 unspecified atom stereocenters. The maximum atomic E-state index is 3.80. The third kappa shape index (κ3) is 7.42. The van der Waals surface area contributed by atoms with E-state index in [2.05, 4.69) is 135 Å². The molecule has 0 aliphatic carbocycles. The molecule has 0 aromatic heterocycles. The second-order valence-corrected chi connectivity index (χ2v) is 9.05. The van der Waals surface area contributed by atoms with E-state index in [-0.39, 0.29) is 0 Å². The Morgan fingerprint density at radius 2 is 0.667 bits per heavy atom. The molecule has 0 bridgehead atoms. The van der Waals surface area contributed by atoms with Gasteiger partial charge in [0.1, 0.15) is 0 Å². The summed E-state index contributed by atoms with van der Waals surface area (Å²) < 4.78 is 0. The van der Waals surface area contributed by atoms with Crippen molar-refractivity contribution < 1.29 is 0 Å². The zero-order valence-electron chi connectivity index (χ0n) is 20.9. The van der Waals surface area contributed by atoms with Crippen molar-refractivity contribution in [3.05, 3.63) is 156 Å². The largest absolute Gasteiger partial charge is 0.103 e. The highest BCUT2D eigenvalue weighted by molar-refractivity contribution is 5.74. The number of allylic oxidation sites excluding steroid dienone is 2. The van der Waals surface area contributed by atoms with Crippen molar-refractivity contribution in [1.82, 2.24) is 0 Å². The number of hydrogen-bond donors (Lipinski definition) is 0. The predicted octanol–water partition coefficient (Wildman–Crippen LogP) is 9.93. The maximum absolute atomic E-state index is 3.80. The fourth-order valence-corrected chi connectivity index (χ4v) is 4.09. The zero-order valence-corrected chi connectivity index (χ0v) is 20.9. The first-order valence-electron chi connectivity index (χ1n) is 12.7. The minimum atomic E-state index is 1.02. The highest BCUT2D eigenvalue weighted by Gasteiger charge is 1.99. The molecule has 4 aromatic carbocycles. The van der Waals surface area contributed by atoms with E-state index in [9.17, 15) is 0 Å². The molecule has 178 valence electrons. The molecule has 0 atom stereocenters. The van der Waals surface area contributed by atoms with Gasteiger partial charge in [-0.2, -0.15) is 0 Å². The Balaban J connectivity index is 1.34. The van der Waals surface area contributed by atoms with E-state index >= 15 is 0 Å². The predicted molar refractivity (Wildman–Crippen MR) is 160 cm³/mol. The molecule has 0 aliphatic rings. The molecule has 0 saturated heterocycles. The second kappa shape index (κ2) is 13.1. The SMILES string of the molecule is C=CCCc1ccc(/C=C/c2ccc(-c3ccc(/C=C/c4ccc(CCC=C)cc4)cc3)cc2)cc1. The van der Waals surface area contributed by atoms with E-state index in [1.807, 2.05) is 12.2 Å². The van der Waals surface area contributed by atoms with Crippen LogP contribution in [0.25, 0.3) is 35.4 Å².